The van der Waals surface area contributed by atoms with E-state index in [0.717, 1.165) is 16.8 Å². The zero-order valence-corrected chi connectivity index (χ0v) is 11.4. The van der Waals surface area contributed by atoms with Crippen LogP contribution >= 0.6 is 0 Å². The Kier molecular flexibility index (Phi) is 4.03. The highest BCUT2D eigenvalue weighted by Crippen LogP contribution is 2.11. The second-order valence-electron chi connectivity index (χ2n) is 4.44. The number of hydrogen-bond donors (Lipinski definition) is 0. The van der Waals surface area contributed by atoms with E-state index in [1.807, 2.05) is 72.8 Å². The predicted octanol–water partition coefficient (Wildman–Crippen LogP) is 4.15. The van der Waals surface area contributed by atoms with Crippen LogP contribution in [0.15, 0.2) is 93.7 Å². The Morgan fingerprint density at radius 3 is 1.90 bits per heavy atom. The molecule has 0 amide bonds. The SMILES string of the molecule is C(=NN=C(c1ccccc1)c1ccccc1)c1ccco1. The third kappa shape index (κ3) is 3.34. The second kappa shape index (κ2) is 6.48. The van der Waals surface area contributed by atoms with Crippen LogP contribution in [-0.4, -0.2) is 11.9 Å². The van der Waals surface area contributed by atoms with Gasteiger partial charge in [0.1, 0.15) is 11.5 Å². The van der Waals surface area contributed by atoms with Gasteiger partial charge in [0, 0.05) is 11.1 Å². The van der Waals surface area contributed by atoms with E-state index in [2.05, 4.69) is 10.2 Å². The quantitative estimate of drug-likeness (QED) is 0.520. The molecule has 3 aromatic rings. The number of rotatable bonds is 4. The molecule has 3 rings (SSSR count). The third-order valence-electron chi connectivity index (χ3n) is 2.98. The van der Waals surface area contributed by atoms with Crippen LogP contribution in [0.3, 0.4) is 0 Å². The smallest absolute Gasteiger partial charge is 0.146 e. The van der Waals surface area contributed by atoms with E-state index in [0.29, 0.717) is 5.76 Å². The summed E-state index contributed by atoms with van der Waals surface area (Å²) in [6.07, 6.45) is 3.21. The second-order valence-corrected chi connectivity index (χ2v) is 4.44. The summed E-state index contributed by atoms with van der Waals surface area (Å²) >= 11 is 0. The number of benzene rings is 2. The van der Waals surface area contributed by atoms with Gasteiger partial charge in [0.2, 0.25) is 0 Å². The minimum atomic E-state index is 0.680. The third-order valence-corrected chi connectivity index (χ3v) is 2.98. The van der Waals surface area contributed by atoms with Crippen LogP contribution in [0.25, 0.3) is 0 Å². The number of furan rings is 1. The summed E-state index contributed by atoms with van der Waals surface area (Å²) in [5, 5.41) is 8.50. The van der Waals surface area contributed by atoms with E-state index in [1.54, 1.807) is 12.5 Å². The molecule has 0 radical (unpaired) electrons. The van der Waals surface area contributed by atoms with Crippen LogP contribution in [-0.2, 0) is 0 Å². The standard InChI is InChI=1S/C18H14N2O/c1-3-8-15(9-4-1)18(16-10-5-2-6-11-16)20-19-14-17-12-7-13-21-17/h1-14H. The van der Waals surface area contributed by atoms with E-state index < -0.39 is 0 Å². The molecule has 0 spiro atoms. The van der Waals surface area contributed by atoms with Crippen molar-refractivity contribution in [3.63, 3.8) is 0 Å². The minimum absolute atomic E-state index is 0.680. The van der Waals surface area contributed by atoms with Crippen LogP contribution in [0.4, 0.5) is 0 Å². The van der Waals surface area contributed by atoms with Crippen molar-refractivity contribution in [1.29, 1.82) is 0 Å². The predicted molar refractivity (Wildman–Crippen MR) is 84.8 cm³/mol. The summed E-state index contributed by atoms with van der Waals surface area (Å²) < 4.78 is 5.21. The molecule has 2 aromatic carbocycles. The molecule has 0 aliphatic heterocycles. The van der Waals surface area contributed by atoms with Gasteiger partial charge < -0.3 is 4.42 Å². The van der Waals surface area contributed by atoms with Gasteiger partial charge in [0.25, 0.3) is 0 Å². The Balaban J connectivity index is 1.97. The first-order valence-electron chi connectivity index (χ1n) is 6.69. The molecule has 0 N–H and O–H groups in total. The molecule has 0 fully saturated rings. The van der Waals surface area contributed by atoms with E-state index >= 15 is 0 Å². The Labute approximate surface area is 123 Å². The van der Waals surface area contributed by atoms with Crippen LogP contribution < -0.4 is 0 Å². The van der Waals surface area contributed by atoms with Gasteiger partial charge >= 0.3 is 0 Å². The zero-order valence-electron chi connectivity index (χ0n) is 11.4. The Bertz CT molecular complexity index is 688. The number of hydrogen-bond acceptors (Lipinski definition) is 3. The van der Waals surface area contributed by atoms with Gasteiger partial charge in [-0.1, -0.05) is 60.7 Å². The van der Waals surface area contributed by atoms with Crippen molar-refractivity contribution in [2.24, 2.45) is 10.2 Å². The van der Waals surface area contributed by atoms with Crippen molar-refractivity contribution in [2.45, 2.75) is 0 Å². The fourth-order valence-corrected chi connectivity index (χ4v) is 1.98. The highest BCUT2D eigenvalue weighted by atomic mass is 16.3. The summed E-state index contributed by atoms with van der Waals surface area (Å²) in [5.74, 6) is 0.680. The van der Waals surface area contributed by atoms with Crippen molar-refractivity contribution >= 4 is 11.9 Å². The summed E-state index contributed by atoms with van der Waals surface area (Å²) in [4.78, 5) is 0. The fraction of sp³-hybridized carbons (Fsp3) is 0. The van der Waals surface area contributed by atoms with Crippen molar-refractivity contribution in [3.8, 4) is 0 Å². The molecule has 21 heavy (non-hydrogen) atoms. The molecule has 0 saturated heterocycles. The maximum absolute atomic E-state index is 5.21. The first-order chi connectivity index (χ1) is 10.4. The Morgan fingerprint density at radius 1 is 0.762 bits per heavy atom. The summed E-state index contributed by atoms with van der Waals surface area (Å²) in [6, 6.07) is 23.7. The van der Waals surface area contributed by atoms with Gasteiger partial charge in [0.05, 0.1) is 12.5 Å². The molecule has 0 unspecified atom stereocenters. The van der Waals surface area contributed by atoms with Crippen LogP contribution in [0, 0.1) is 0 Å². The molecular weight excluding hydrogens is 260 g/mol. The Morgan fingerprint density at radius 2 is 1.38 bits per heavy atom. The molecule has 0 bridgehead atoms. The highest BCUT2D eigenvalue weighted by Gasteiger charge is 2.05. The normalized spacial score (nSPS) is 10.7. The van der Waals surface area contributed by atoms with E-state index in [9.17, 15) is 0 Å². The van der Waals surface area contributed by atoms with Gasteiger partial charge in [-0.05, 0) is 12.1 Å². The molecule has 1 aromatic heterocycles. The lowest BCUT2D eigenvalue weighted by Gasteiger charge is -2.04. The van der Waals surface area contributed by atoms with Gasteiger partial charge in [-0.3, -0.25) is 0 Å². The zero-order chi connectivity index (χ0) is 14.3. The molecule has 0 aliphatic carbocycles. The first kappa shape index (κ1) is 13.1. The van der Waals surface area contributed by atoms with Crippen molar-refractivity contribution in [1.82, 2.24) is 0 Å². The van der Waals surface area contributed by atoms with E-state index in [1.165, 1.54) is 0 Å². The van der Waals surface area contributed by atoms with Gasteiger partial charge in [0.15, 0.2) is 0 Å². The maximum atomic E-state index is 5.21. The molecule has 0 aliphatic rings. The molecule has 3 heteroatoms. The number of nitrogens with zero attached hydrogens (tertiary/aromatic N) is 2. The van der Waals surface area contributed by atoms with Crippen LogP contribution in [0.5, 0.6) is 0 Å². The fourth-order valence-electron chi connectivity index (χ4n) is 1.98. The van der Waals surface area contributed by atoms with Crippen LogP contribution in [0.1, 0.15) is 16.9 Å². The lowest BCUT2D eigenvalue weighted by atomic mass is 10.0. The largest absolute Gasteiger partial charge is 0.463 e. The van der Waals surface area contributed by atoms with Crippen LogP contribution in [0.2, 0.25) is 0 Å². The van der Waals surface area contributed by atoms with Crippen molar-refractivity contribution < 1.29 is 4.42 Å². The molecule has 102 valence electrons. The summed E-state index contributed by atoms with van der Waals surface area (Å²) in [7, 11) is 0. The van der Waals surface area contributed by atoms with Gasteiger partial charge in [-0.15, -0.1) is 5.10 Å². The van der Waals surface area contributed by atoms with Crippen molar-refractivity contribution in [2.75, 3.05) is 0 Å². The first-order valence-corrected chi connectivity index (χ1v) is 6.69. The lowest BCUT2D eigenvalue weighted by molar-refractivity contribution is 0.560. The van der Waals surface area contributed by atoms with Crippen molar-refractivity contribution in [3.05, 3.63) is 95.9 Å². The van der Waals surface area contributed by atoms with Gasteiger partial charge in [-0.25, -0.2) is 0 Å². The van der Waals surface area contributed by atoms with Gasteiger partial charge in [-0.2, -0.15) is 5.10 Å². The highest BCUT2D eigenvalue weighted by molar-refractivity contribution is 6.12. The minimum Gasteiger partial charge on any atom is -0.463 e. The molecule has 0 atom stereocenters. The average molecular weight is 274 g/mol. The maximum Gasteiger partial charge on any atom is 0.146 e. The lowest BCUT2D eigenvalue weighted by Crippen LogP contribution is -2.02. The summed E-state index contributed by atoms with van der Waals surface area (Å²) in [6.45, 7) is 0. The monoisotopic (exact) mass is 274 g/mol. The molecule has 1 heterocycles. The van der Waals surface area contributed by atoms with E-state index in [-0.39, 0.29) is 0 Å². The molecular formula is C18H14N2O. The Hall–Kier alpha value is -2.94. The van der Waals surface area contributed by atoms with E-state index in [4.69, 9.17) is 4.42 Å². The average Bonchev–Trinajstić information content (AvgIpc) is 3.07. The molecule has 0 saturated carbocycles. The topological polar surface area (TPSA) is 37.9 Å². The molecule has 3 nitrogen and oxygen atoms in total. The summed E-state index contributed by atoms with van der Waals surface area (Å²) in [5.41, 5.74) is 2.89.